The maximum atomic E-state index is 12.2. The minimum atomic E-state index is 0.290. The summed E-state index contributed by atoms with van der Waals surface area (Å²) in [6.45, 7) is 4.22. The fourth-order valence-electron chi connectivity index (χ4n) is 3.31. The van der Waals surface area contributed by atoms with Crippen molar-refractivity contribution in [2.45, 2.75) is 6.42 Å². The minimum Gasteiger partial charge on any atom is -0.342 e. The molecule has 3 nitrogen and oxygen atoms in total. The third kappa shape index (κ3) is 2.27. The zero-order valence-corrected chi connectivity index (χ0v) is 10.9. The maximum Gasteiger partial charge on any atom is 0.227 e. The molecule has 2 fully saturated rings. The second-order valence-corrected chi connectivity index (χ2v) is 5.70. The Bertz CT molecular complexity index is 417. The molecule has 0 spiro atoms. The molecule has 2 unspecified atom stereocenters. The fourth-order valence-corrected chi connectivity index (χ4v) is 3.31. The van der Waals surface area contributed by atoms with E-state index in [1.54, 1.807) is 0 Å². The second kappa shape index (κ2) is 4.73. The molecule has 3 rings (SSSR count). The van der Waals surface area contributed by atoms with Crippen LogP contribution in [0.5, 0.6) is 0 Å². The predicted octanol–water partition coefficient (Wildman–Crippen LogP) is 1.25. The molecule has 0 saturated carbocycles. The predicted molar refractivity (Wildman–Crippen MR) is 71.2 cm³/mol. The van der Waals surface area contributed by atoms with Gasteiger partial charge in [0.15, 0.2) is 0 Å². The molecule has 0 radical (unpaired) electrons. The molecule has 1 amide bonds. The van der Waals surface area contributed by atoms with Crippen LogP contribution in [0, 0.1) is 11.8 Å². The summed E-state index contributed by atoms with van der Waals surface area (Å²) in [6.07, 6.45) is 0.552. The SMILES string of the molecule is CN1CC2CN(C(=O)Cc3ccccc3)CC2C1. The van der Waals surface area contributed by atoms with Crippen LogP contribution in [0.15, 0.2) is 30.3 Å². The number of likely N-dealkylation sites (tertiary alicyclic amines) is 2. The quantitative estimate of drug-likeness (QED) is 0.781. The summed E-state index contributed by atoms with van der Waals surface area (Å²) in [5, 5.41) is 0. The summed E-state index contributed by atoms with van der Waals surface area (Å²) in [5.74, 6) is 1.70. The normalized spacial score (nSPS) is 27.5. The van der Waals surface area contributed by atoms with Crippen LogP contribution >= 0.6 is 0 Å². The highest BCUT2D eigenvalue weighted by Crippen LogP contribution is 2.30. The first-order chi connectivity index (χ1) is 8.72. The summed E-state index contributed by atoms with van der Waals surface area (Å²) in [5.41, 5.74) is 1.12. The molecule has 3 heteroatoms. The van der Waals surface area contributed by atoms with Crippen LogP contribution < -0.4 is 0 Å². The smallest absolute Gasteiger partial charge is 0.227 e. The highest BCUT2D eigenvalue weighted by Gasteiger charge is 2.40. The number of hydrogen-bond donors (Lipinski definition) is 0. The summed E-state index contributed by atoms with van der Waals surface area (Å²) < 4.78 is 0. The Morgan fingerprint density at radius 1 is 1.11 bits per heavy atom. The van der Waals surface area contributed by atoms with Gasteiger partial charge in [-0.05, 0) is 24.4 Å². The van der Waals surface area contributed by atoms with Crippen molar-refractivity contribution in [2.75, 3.05) is 33.2 Å². The number of fused-ring (bicyclic) bond motifs is 1. The van der Waals surface area contributed by atoms with Gasteiger partial charge in [0.1, 0.15) is 0 Å². The Hall–Kier alpha value is -1.35. The van der Waals surface area contributed by atoms with Crippen molar-refractivity contribution in [3.8, 4) is 0 Å². The van der Waals surface area contributed by atoms with Gasteiger partial charge in [-0.2, -0.15) is 0 Å². The number of rotatable bonds is 2. The molecule has 18 heavy (non-hydrogen) atoms. The molecule has 0 bridgehead atoms. The van der Waals surface area contributed by atoms with Gasteiger partial charge in [-0.15, -0.1) is 0 Å². The van der Waals surface area contributed by atoms with Gasteiger partial charge in [0.05, 0.1) is 6.42 Å². The van der Waals surface area contributed by atoms with Crippen molar-refractivity contribution in [3.05, 3.63) is 35.9 Å². The van der Waals surface area contributed by atoms with Crippen molar-refractivity contribution in [3.63, 3.8) is 0 Å². The summed E-state index contributed by atoms with van der Waals surface area (Å²) in [7, 11) is 2.18. The molecule has 0 N–H and O–H groups in total. The van der Waals surface area contributed by atoms with E-state index in [4.69, 9.17) is 0 Å². The van der Waals surface area contributed by atoms with Crippen LogP contribution in [-0.4, -0.2) is 48.9 Å². The van der Waals surface area contributed by atoms with E-state index in [-0.39, 0.29) is 0 Å². The standard InChI is InChI=1S/C15H20N2O/c1-16-8-13-10-17(11-14(13)9-16)15(18)7-12-5-3-2-4-6-12/h2-6,13-14H,7-11H2,1H3. The van der Waals surface area contributed by atoms with Gasteiger partial charge < -0.3 is 9.80 Å². The first-order valence-corrected chi connectivity index (χ1v) is 6.72. The molecular weight excluding hydrogens is 224 g/mol. The first-order valence-electron chi connectivity index (χ1n) is 6.72. The van der Waals surface area contributed by atoms with Gasteiger partial charge in [-0.25, -0.2) is 0 Å². The van der Waals surface area contributed by atoms with E-state index in [1.807, 2.05) is 30.3 Å². The van der Waals surface area contributed by atoms with Gasteiger partial charge in [0.2, 0.25) is 5.91 Å². The number of carbonyl (C=O) groups is 1. The van der Waals surface area contributed by atoms with Crippen molar-refractivity contribution in [1.29, 1.82) is 0 Å². The van der Waals surface area contributed by atoms with Crippen molar-refractivity contribution in [1.82, 2.24) is 9.80 Å². The van der Waals surface area contributed by atoms with Crippen LogP contribution in [0.25, 0.3) is 0 Å². The monoisotopic (exact) mass is 244 g/mol. The number of nitrogens with zero attached hydrogens (tertiary/aromatic N) is 2. The lowest BCUT2D eigenvalue weighted by molar-refractivity contribution is -0.129. The summed E-state index contributed by atoms with van der Waals surface area (Å²) in [6, 6.07) is 10.0. The van der Waals surface area contributed by atoms with Crippen molar-refractivity contribution < 1.29 is 4.79 Å². The van der Waals surface area contributed by atoms with Crippen LogP contribution in [0.1, 0.15) is 5.56 Å². The van der Waals surface area contributed by atoms with Crippen LogP contribution in [0.2, 0.25) is 0 Å². The number of amides is 1. The van der Waals surface area contributed by atoms with E-state index in [0.717, 1.165) is 31.7 Å². The Labute approximate surface area is 108 Å². The first kappa shape index (κ1) is 11.7. The number of hydrogen-bond acceptors (Lipinski definition) is 2. The number of carbonyl (C=O) groups excluding carboxylic acids is 1. The Morgan fingerprint density at radius 3 is 2.33 bits per heavy atom. The maximum absolute atomic E-state index is 12.2. The third-order valence-electron chi connectivity index (χ3n) is 4.22. The molecule has 1 aromatic carbocycles. The zero-order chi connectivity index (χ0) is 12.5. The van der Waals surface area contributed by atoms with Gasteiger partial charge in [0, 0.05) is 26.2 Å². The fraction of sp³-hybridized carbons (Fsp3) is 0.533. The van der Waals surface area contributed by atoms with Crippen LogP contribution in [0.3, 0.4) is 0 Å². The van der Waals surface area contributed by atoms with Crippen molar-refractivity contribution >= 4 is 5.91 Å². The largest absolute Gasteiger partial charge is 0.342 e. The topological polar surface area (TPSA) is 23.6 Å². The highest BCUT2D eigenvalue weighted by molar-refractivity contribution is 5.79. The number of benzene rings is 1. The van der Waals surface area contributed by atoms with Gasteiger partial charge in [-0.1, -0.05) is 30.3 Å². The Balaban J connectivity index is 1.59. The van der Waals surface area contributed by atoms with E-state index in [0.29, 0.717) is 24.2 Å². The van der Waals surface area contributed by atoms with Crippen LogP contribution in [0.4, 0.5) is 0 Å². The van der Waals surface area contributed by atoms with Crippen LogP contribution in [-0.2, 0) is 11.2 Å². The highest BCUT2D eigenvalue weighted by atomic mass is 16.2. The Morgan fingerprint density at radius 2 is 1.72 bits per heavy atom. The molecule has 2 saturated heterocycles. The zero-order valence-electron chi connectivity index (χ0n) is 10.9. The minimum absolute atomic E-state index is 0.290. The average molecular weight is 244 g/mol. The molecule has 1 aromatic rings. The second-order valence-electron chi connectivity index (χ2n) is 5.70. The lowest BCUT2D eigenvalue weighted by Gasteiger charge is -2.19. The van der Waals surface area contributed by atoms with E-state index < -0.39 is 0 Å². The van der Waals surface area contributed by atoms with E-state index in [2.05, 4.69) is 16.8 Å². The molecule has 2 aliphatic heterocycles. The summed E-state index contributed by atoms with van der Waals surface area (Å²) in [4.78, 5) is 16.7. The summed E-state index contributed by atoms with van der Waals surface area (Å²) >= 11 is 0. The molecule has 2 aliphatic rings. The van der Waals surface area contributed by atoms with E-state index in [1.165, 1.54) is 0 Å². The van der Waals surface area contributed by atoms with Gasteiger partial charge in [-0.3, -0.25) is 4.79 Å². The van der Waals surface area contributed by atoms with Gasteiger partial charge >= 0.3 is 0 Å². The molecule has 0 aliphatic carbocycles. The molecule has 96 valence electrons. The van der Waals surface area contributed by atoms with Crippen molar-refractivity contribution in [2.24, 2.45) is 11.8 Å². The Kier molecular flexibility index (Phi) is 3.08. The molecule has 2 heterocycles. The average Bonchev–Trinajstić information content (AvgIpc) is 2.87. The van der Waals surface area contributed by atoms with E-state index in [9.17, 15) is 4.79 Å². The molecular formula is C15H20N2O. The molecule has 2 atom stereocenters. The third-order valence-corrected chi connectivity index (χ3v) is 4.22. The molecule has 0 aromatic heterocycles. The van der Waals surface area contributed by atoms with Gasteiger partial charge in [0.25, 0.3) is 0 Å². The lowest BCUT2D eigenvalue weighted by atomic mass is 10.0. The lowest BCUT2D eigenvalue weighted by Crippen LogP contribution is -2.33. The van der Waals surface area contributed by atoms with E-state index >= 15 is 0 Å².